The topological polar surface area (TPSA) is 54.5 Å². The summed E-state index contributed by atoms with van der Waals surface area (Å²) >= 11 is 1.43. The van der Waals surface area contributed by atoms with Crippen molar-refractivity contribution in [1.82, 2.24) is 4.98 Å². The lowest BCUT2D eigenvalue weighted by molar-refractivity contribution is 0.102. The van der Waals surface area contributed by atoms with E-state index in [1.807, 2.05) is 49.3 Å². The van der Waals surface area contributed by atoms with Crippen LogP contribution < -0.4 is 15.0 Å². The SMILES string of the molecule is COc1cccc2sc(NC(=O)c3ccc(N(C)C)cc3)nc12. The minimum absolute atomic E-state index is 0.173. The largest absolute Gasteiger partial charge is 0.494 e. The number of rotatable bonds is 4. The molecular formula is C17H17N3O2S. The van der Waals surface area contributed by atoms with Gasteiger partial charge >= 0.3 is 0 Å². The van der Waals surface area contributed by atoms with Crippen molar-refractivity contribution < 1.29 is 9.53 Å². The fourth-order valence-corrected chi connectivity index (χ4v) is 3.10. The van der Waals surface area contributed by atoms with E-state index in [2.05, 4.69) is 10.3 Å². The Morgan fingerprint density at radius 3 is 2.57 bits per heavy atom. The fourth-order valence-electron chi connectivity index (χ4n) is 2.22. The Morgan fingerprint density at radius 2 is 1.91 bits per heavy atom. The molecule has 0 radical (unpaired) electrons. The van der Waals surface area contributed by atoms with Crippen molar-refractivity contribution in [3.63, 3.8) is 0 Å². The number of benzene rings is 2. The third-order valence-corrected chi connectivity index (χ3v) is 4.40. The third kappa shape index (κ3) is 3.12. The van der Waals surface area contributed by atoms with Gasteiger partial charge in [-0.15, -0.1) is 0 Å². The summed E-state index contributed by atoms with van der Waals surface area (Å²) in [6, 6.07) is 13.2. The summed E-state index contributed by atoms with van der Waals surface area (Å²) in [4.78, 5) is 18.8. The van der Waals surface area contributed by atoms with Gasteiger partial charge in [-0.25, -0.2) is 4.98 Å². The lowest BCUT2D eigenvalue weighted by atomic mass is 10.2. The van der Waals surface area contributed by atoms with Crippen molar-refractivity contribution in [2.24, 2.45) is 0 Å². The van der Waals surface area contributed by atoms with Gasteiger partial charge in [-0.3, -0.25) is 10.1 Å². The highest BCUT2D eigenvalue weighted by molar-refractivity contribution is 7.22. The molecule has 3 rings (SSSR count). The smallest absolute Gasteiger partial charge is 0.257 e. The molecule has 0 bridgehead atoms. The molecule has 0 aliphatic heterocycles. The predicted octanol–water partition coefficient (Wildman–Crippen LogP) is 3.62. The summed E-state index contributed by atoms with van der Waals surface area (Å²) < 4.78 is 6.27. The van der Waals surface area contributed by atoms with Gasteiger partial charge < -0.3 is 9.64 Å². The first-order valence-corrected chi connectivity index (χ1v) is 7.92. The number of amides is 1. The van der Waals surface area contributed by atoms with Gasteiger partial charge in [0.25, 0.3) is 5.91 Å². The highest BCUT2D eigenvalue weighted by Gasteiger charge is 2.12. The van der Waals surface area contributed by atoms with Crippen LogP contribution >= 0.6 is 11.3 Å². The van der Waals surface area contributed by atoms with Crippen LogP contribution in [0.25, 0.3) is 10.2 Å². The quantitative estimate of drug-likeness (QED) is 0.795. The van der Waals surface area contributed by atoms with Crippen LogP contribution in [0.15, 0.2) is 42.5 Å². The van der Waals surface area contributed by atoms with Gasteiger partial charge in [0.15, 0.2) is 5.13 Å². The molecule has 6 heteroatoms. The van der Waals surface area contributed by atoms with Gasteiger partial charge in [0.1, 0.15) is 11.3 Å². The predicted molar refractivity (Wildman–Crippen MR) is 94.9 cm³/mol. The molecule has 0 unspecified atom stereocenters. The van der Waals surface area contributed by atoms with Gasteiger partial charge in [0.05, 0.1) is 11.8 Å². The number of thiazole rings is 1. The summed E-state index contributed by atoms with van der Waals surface area (Å²) in [6.07, 6.45) is 0. The molecule has 2 aromatic carbocycles. The molecule has 0 aliphatic rings. The lowest BCUT2D eigenvalue weighted by Gasteiger charge is -2.12. The van der Waals surface area contributed by atoms with E-state index in [1.165, 1.54) is 11.3 Å². The molecule has 5 nitrogen and oxygen atoms in total. The second-order valence-corrected chi connectivity index (χ2v) is 6.25. The molecule has 23 heavy (non-hydrogen) atoms. The van der Waals surface area contributed by atoms with Crippen molar-refractivity contribution in [2.75, 3.05) is 31.4 Å². The zero-order valence-electron chi connectivity index (χ0n) is 13.2. The van der Waals surface area contributed by atoms with Gasteiger partial charge in [-0.1, -0.05) is 17.4 Å². The second-order valence-electron chi connectivity index (χ2n) is 5.22. The van der Waals surface area contributed by atoms with Crippen LogP contribution in [-0.4, -0.2) is 32.1 Å². The van der Waals surface area contributed by atoms with Crippen LogP contribution in [0.2, 0.25) is 0 Å². The Labute approximate surface area is 138 Å². The summed E-state index contributed by atoms with van der Waals surface area (Å²) in [5, 5.41) is 3.41. The van der Waals surface area contributed by atoms with Gasteiger partial charge in [0.2, 0.25) is 0 Å². The maximum Gasteiger partial charge on any atom is 0.257 e. The van der Waals surface area contributed by atoms with Crippen LogP contribution in [-0.2, 0) is 0 Å². The summed E-state index contributed by atoms with van der Waals surface area (Å²) in [5.41, 5.74) is 2.41. The number of carbonyl (C=O) groups is 1. The van der Waals surface area contributed by atoms with Crippen LogP contribution in [0.4, 0.5) is 10.8 Å². The fraction of sp³-hybridized carbons (Fsp3) is 0.176. The highest BCUT2D eigenvalue weighted by atomic mass is 32.1. The molecule has 1 aromatic heterocycles. The lowest BCUT2D eigenvalue weighted by Crippen LogP contribution is -2.13. The normalized spacial score (nSPS) is 10.6. The van der Waals surface area contributed by atoms with Crippen LogP contribution in [0.5, 0.6) is 5.75 Å². The zero-order valence-corrected chi connectivity index (χ0v) is 14.0. The van der Waals surface area contributed by atoms with E-state index in [1.54, 1.807) is 19.2 Å². The van der Waals surface area contributed by atoms with Crippen molar-refractivity contribution in [1.29, 1.82) is 0 Å². The zero-order chi connectivity index (χ0) is 16.4. The Balaban J connectivity index is 1.82. The number of hydrogen-bond donors (Lipinski definition) is 1. The number of hydrogen-bond acceptors (Lipinski definition) is 5. The molecule has 0 atom stereocenters. The molecule has 3 aromatic rings. The first kappa shape index (κ1) is 15.3. The third-order valence-electron chi connectivity index (χ3n) is 3.47. The standard InChI is InChI=1S/C17H17N3O2S/c1-20(2)12-9-7-11(8-10-12)16(21)19-17-18-15-13(22-3)5-4-6-14(15)23-17/h4-10H,1-3H3,(H,18,19,21). The number of aromatic nitrogens is 1. The van der Waals surface area contributed by atoms with Crippen molar-refractivity contribution in [3.05, 3.63) is 48.0 Å². The minimum atomic E-state index is -0.173. The van der Waals surface area contributed by atoms with Crippen molar-refractivity contribution in [3.8, 4) is 5.75 Å². The number of nitrogens with zero attached hydrogens (tertiary/aromatic N) is 2. The number of nitrogens with one attached hydrogen (secondary N) is 1. The molecule has 1 N–H and O–H groups in total. The summed E-state index contributed by atoms with van der Waals surface area (Å²) in [7, 11) is 5.53. The van der Waals surface area contributed by atoms with E-state index in [-0.39, 0.29) is 5.91 Å². The molecular weight excluding hydrogens is 310 g/mol. The average Bonchev–Trinajstić information content (AvgIpc) is 2.97. The molecule has 1 heterocycles. The van der Waals surface area contributed by atoms with Crippen LogP contribution in [0, 0.1) is 0 Å². The summed E-state index contributed by atoms with van der Waals surface area (Å²) in [6.45, 7) is 0. The first-order valence-electron chi connectivity index (χ1n) is 7.11. The first-order chi connectivity index (χ1) is 11.1. The number of para-hydroxylation sites is 1. The molecule has 0 aliphatic carbocycles. The molecule has 0 saturated carbocycles. The number of fused-ring (bicyclic) bond motifs is 1. The number of methoxy groups -OCH3 is 1. The van der Waals surface area contributed by atoms with Crippen LogP contribution in [0.3, 0.4) is 0 Å². The molecule has 1 amide bonds. The van der Waals surface area contributed by atoms with E-state index in [4.69, 9.17) is 4.74 Å². The Hall–Kier alpha value is -2.60. The summed E-state index contributed by atoms with van der Waals surface area (Å²) in [5.74, 6) is 0.530. The Morgan fingerprint density at radius 1 is 1.17 bits per heavy atom. The van der Waals surface area contributed by atoms with Gasteiger partial charge in [0, 0.05) is 25.3 Å². The number of anilines is 2. The van der Waals surface area contributed by atoms with E-state index >= 15 is 0 Å². The highest BCUT2D eigenvalue weighted by Crippen LogP contribution is 2.32. The number of ether oxygens (including phenoxy) is 1. The monoisotopic (exact) mass is 327 g/mol. The maximum atomic E-state index is 12.3. The second kappa shape index (κ2) is 6.26. The molecule has 0 fully saturated rings. The van der Waals surface area contributed by atoms with Gasteiger partial charge in [-0.05, 0) is 36.4 Å². The Kier molecular flexibility index (Phi) is 4.16. The molecule has 118 valence electrons. The van der Waals surface area contributed by atoms with E-state index in [0.29, 0.717) is 16.4 Å². The van der Waals surface area contributed by atoms with Gasteiger partial charge in [-0.2, -0.15) is 0 Å². The Bertz CT molecular complexity index is 841. The van der Waals surface area contributed by atoms with Crippen molar-refractivity contribution in [2.45, 2.75) is 0 Å². The van der Waals surface area contributed by atoms with E-state index in [9.17, 15) is 4.79 Å². The van der Waals surface area contributed by atoms with Crippen LogP contribution in [0.1, 0.15) is 10.4 Å². The maximum absolute atomic E-state index is 12.3. The minimum Gasteiger partial charge on any atom is -0.494 e. The van der Waals surface area contributed by atoms with Crippen molar-refractivity contribution >= 4 is 38.3 Å². The number of carbonyl (C=O) groups excluding carboxylic acids is 1. The van der Waals surface area contributed by atoms with E-state index in [0.717, 1.165) is 15.9 Å². The molecule has 0 saturated heterocycles. The average molecular weight is 327 g/mol. The van der Waals surface area contributed by atoms with E-state index < -0.39 is 0 Å². The molecule has 0 spiro atoms.